The Morgan fingerprint density at radius 1 is 1.28 bits per heavy atom. The van der Waals surface area contributed by atoms with Crippen LogP contribution < -0.4 is 20.1 Å². The summed E-state index contributed by atoms with van der Waals surface area (Å²) in [5.74, 6) is 3.06. The number of aliphatic imine (C=N–C) groups is 1. The molecule has 0 bridgehead atoms. The molecule has 0 amide bonds. The third-order valence-corrected chi connectivity index (χ3v) is 5.34. The molecule has 1 saturated heterocycles. The molecule has 2 fully saturated rings. The Morgan fingerprint density at radius 3 is 2.68 bits per heavy atom. The number of fused-ring (bicyclic) bond motifs is 1. The van der Waals surface area contributed by atoms with Crippen LogP contribution in [0.3, 0.4) is 0 Å². The van der Waals surface area contributed by atoms with Crippen LogP contribution in [-0.4, -0.2) is 52.0 Å². The van der Waals surface area contributed by atoms with Crippen LogP contribution in [0.15, 0.2) is 29.3 Å². The Balaban J connectivity index is 1.42. The third-order valence-electron chi connectivity index (χ3n) is 5.34. The lowest BCUT2D eigenvalue weighted by Crippen LogP contribution is -2.68. The van der Waals surface area contributed by atoms with Gasteiger partial charge < -0.3 is 24.8 Å². The third kappa shape index (κ3) is 3.68. The Morgan fingerprint density at radius 2 is 2.00 bits per heavy atom. The van der Waals surface area contributed by atoms with Crippen LogP contribution >= 0.6 is 0 Å². The number of ether oxygens (including phenoxy) is 3. The van der Waals surface area contributed by atoms with Crippen molar-refractivity contribution in [3.05, 3.63) is 24.3 Å². The average molecular weight is 347 g/mol. The van der Waals surface area contributed by atoms with Gasteiger partial charge in [0.15, 0.2) is 5.96 Å². The summed E-state index contributed by atoms with van der Waals surface area (Å²) < 4.78 is 16.7. The van der Waals surface area contributed by atoms with E-state index in [-0.39, 0.29) is 5.41 Å². The summed E-state index contributed by atoms with van der Waals surface area (Å²) in [6.07, 6.45) is 1.50. The quantitative estimate of drug-likeness (QED) is 0.468. The Bertz CT molecular complexity index is 600. The van der Waals surface area contributed by atoms with Crippen molar-refractivity contribution >= 4 is 5.96 Å². The first kappa shape index (κ1) is 17.9. The summed E-state index contributed by atoms with van der Waals surface area (Å²) in [5.41, 5.74) is 0.137. The van der Waals surface area contributed by atoms with Crippen molar-refractivity contribution in [2.75, 3.05) is 33.9 Å². The van der Waals surface area contributed by atoms with Crippen LogP contribution in [0.4, 0.5) is 0 Å². The molecular weight excluding hydrogens is 318 g/mol. The molecule has 1 aromatic carbocycles. The summed E-state index contributed by atoms with van der Waals surface area (Å²) in [4.78, 5) is 4.34. The largest absolute Gasteiger partial charge is 0.497 e. The molecule has 0 spiro atoms. The van der Waals surface area contributed by atoms with Crippen molar-refractivity contribution in [1.82, 2.24) is 10.6 Å². The summed E-state index contributed by atoms with van der Waals surface area (Å²) in [7, 11) is 3.45. The Kier molecular flexibility index (Phi) is 5.37. The zero-order chi connectivity index (χ0) is 17.9. The van der Waals surface area contributed by atoms with Crippen molar-refractivity contribution in [2.24, 2.45) is 16.3 Å². The van der Waals surface area contributed by atoms with Crippen molar-refractivity contribution < 1.29 is 14.2 Å². The van der Waals surface area contributed by atoms with Gasteiger partial charge in [-0.2, -0.15) is 0 Å². The van der Waals surface area contributed by atoms with Crippen LogP contribution in [-0.2, 0) is 4.74 Å². The Hall–Kier alpha value is -1.95. The molecule has 1 saturated carbocycles. The van der Waals surface area contributed by atoms with E-state index in [0.29, 0.717) is 31.2 Å². The predicted octanol–water partition coefficient (Wildman–Crippen LogP) is 2.05. The molecule has 6 heteroatoms. The fourth-order valence-corrected chi connectivity index (χ4v) is 3.97. The van der Waals surface area contributed by atoms with E-state index in [2.05, 4.69) is 29.5 Å². The highest BCUT2D eigenvalue weighted by atomic mass is 16.5. The fourth-order valence-electron chi connectivity index (χ4n) is 3.97. The van der Waals surface area contributed by atoms with Gasteiger partial charge in [0.2, 0.25) is 0 Å². The number of nitrogens with zero attached hydrogens (tertiary/aromatic N) is 1. The van der Waals surface area contributed by atoms with Gasteiger partial charge in [0, 0.05) is 31.0 Å². The summed E-state index contributed by atoms with van der Waals surface area (Å²) >= 11 is 0. The smallest absolute Gasteiger partial charge is 0.191 e. The molecular formula is C19H29N3O3. The number of hydrogen-bond donors (Lipinski definition) is 2. The molecule has 1 aromatic rings. The zero-order valence-electron chi connectivity index (χ0n) is 15.5. The van der Waals surface area contributed by atoms with Crippen molar-refractivity contribution in [3.8, 4) is 11.5 Å². The highest BCUT2D eigenvalue weighted by Crippen LogP contribution is 2.52. The van der Waals surface area contributed by atoms with Gasteiger partial charge in [0.1, 0.15) is 18.1 Å². The first-order valence-corrected chi connectivity index (χ1v) is 8.92. The number of nitrogens with one attached hydrogen (secondary N) is 2. The van der Waals surface area contributed by atoms with E-state index in [0.717, 1.165) is 30.5 Å². The van der Waals surface area contributed by atoms with Gasteiger partial charge in [0.25, 0.3) is 0 Å². The van der Waals surface area contributed by atoms with E-state index in [4.69, 9.17) is 14.2 Å². The van der Waals surface area contributed by atoms with Gasteiger partial charge >= 0.3 is 0 Å². The van der Waals surface area contributed by atoms with Crippen LogP contribution in [0.2, 0.25) is 0 Å². The molecule has 3 unspecified atom stereocenters. The maximum atomic E-state index is 5.85. The van der Waals surface area contributed by atoms with Gasteiger partial charge in [-0.25, -0.2) is 0 Å². The lowest BCUT2D eigenvalue weighted by atomic mass is 9.57. The van der Waals surface area contributed by atoms with E-state index >= 15 is 0 Å². The monoisotopic (exact) mass is 347 g/mol. The lowest BCUT2D eigenvalue weighted by Gasteiger charge is -2.54. The molecule has 2 aliphatic rings. The number of guanidine groups is 1. The van der Waals surface area contributed by atoms with Crippen LogP contribution in [0.1, 0.15) is 20.3 Å². The number of hydrogen-bond acceptors (Lipinski definition) is 4. The lowest BCUT2D eigenvalue weighted by molar-refractivity contribution is -0.106. The molecule has 25 heavy (non-hydrogen) atoms. The minimum absolute atomic E-state index is 0.137. The van der Waals surface area contributed by atoms with E-state index in [9.17, 15) is 0 Å². The van der Waals surface area contributed by atoms with Crippen molar-refractivity contribution in [3.63, 3.8) is 0 Å². The molecule has 6 nitrogen and oxygen atoms in total. The molecule has 1 aliphatic carbocycles. The van der Waals surface area contributed by atoms with Gasteiger partial charge in [-0.05, 0) is 30.7 Å². The summed E-state index contributed by atoms with van der Waals surface area (Å²) in [6, 6.07) is 7.99. The standard InChI is InChI=1S/C19H29N3O3/c1-19(2)16(15-9-11-25-17(15)19)22-18(20-3)21-10-12-24-14-7-5-13(23-4)6-8-14/h5-8,15-17H,9-12H2,1-4H3,(H2,20,21,22). The number of benzene rings is 1. The number of methoxy groups -OCH3 is 1. The maximum Gasteiger partial charge on any atom is 0.191 e. The van der Waals surface area contributed by atoms with Crippen LogP contribution in [0.5, 0.6) is 11.5 Å². The van der Waals surface area contributed by atoms with Crippen molar-refractivity contribution in [1.29, 1.82) is 0 Å². The SMILES string of the molecule is CN=C(NCCOc1ccc(OC)cc1)NC1C2CCOC2C1(C)C. The molecule has 3 atom stereocenters. The maximum absolute atomic E-state index is 5.85. The minimum atomic E-state index is 0.137. The van der Waals surface area contributed by atoms with Gasteiger partial charge in [0.05, 0.1) is 19.8 Å². The van der Waals surface area contributed by atoms with E-state index in [1.165, 1.54) is 0 Å². The van der Waals surface area contributed by atoms with E-state index in [1.807, 2.05) is 24.3 Å². The molecule has 1 heterocycles. The predicted molar refractivity (Wildman–Crippen MR) is 98.4 cm³/mol. The highest BCUT2D eigenvalue weighted by Gasteiger charge is 2.59. The Labute approximate surface area is 149 Å². The van der Waals surface area contributed by atoms with E-state index in [1.54, 1.807) is 14.2 Å². The molecule has 138 valence electrons. The normalized spacial score (nSPS) is 27.2. The van der Waals surface area contributed by atoms with Gasteiger partial charge in [-0.1, -0.05) is 13.8 Å². The van der Waals surface area contributed by atoms with Gasteiger partial charge in [-0.15, -0.1) is 0 Å². The first-order chi connectivity index (χ1) is 12.1. The van der Waals surface area contributed by atoms with Crippen LogP contribution in [0, 0.1) is 11.3 Å². The fraction of sp³-hybridized carbons (Fsp3) is 0.632. The molecule has 2 N–H and O–H groups in total. The second kappa shape index (κ2) is 7.52. The van der Waals surface area contributed by atoms with E-state index < -0.39 is 0 Å². The first-order valence-electron chi connectivity index (χ1n) is 8.92. The molecule has 1 aliphatic heterocycles. The number of rotatable bonds is 6. The van der Waals surface area contributed by atoms with Gasteiger partial charge in [-0.3, -0.25) is 4.99 Å². The van der Waals surface area contributed by atoms with Crippen LogP contribution in [0.25, 0.3) is 0 Å². The summed E-state index contributed by atoms with van der Waals surface area (Å²) in [5, 5.41) is 6.89. The average Bonchev–Trinajstić information content (AvgIpc) is 3.08. The molecule has 3 rings (SSSR count). The second-order valence-electron chi connectivity index (χ2n) is 7.21. The van der Waals surface area contributed by atoms with Crippen molar-refractivity contribution in [2.45, 2.75) is 32.4 Å². The summed E-state index contributed by atoms with van der Waals surface area (Å²) in [6.45, 7) is 6.65. The second-order valence-corrected chi connectivity index (χ2v) is 7.21. The molecule has 0 aromatic heterocycles. The zero-order valence-corrected chi connectivity index (χ0v) is 15.5. The highest BCUT2D eigenvalue weighted by molar-refractivity contribution is 5.80. The topological polar surface area (TPSA) is 64.1 Å². The molecule has 0 radical (unpaired) electrons. The minimum Gasteiger partial charge on any atom is -0.497 e.